The molecule has 1 saturated heterocycles. The van der Waals surface area contributed by atoms with Crippen molar-refractivity contribution in [2.24, 2.45) is 0 Å². The van der Waals surface area contributed by atoms with E-state index in [0.29, 0.717) is 31.1 Å². The molecule has 1 N–H and O–H groups in total. The minimum atomic E-state index is -0.295. The van der Waals surface area contributed by atoms with Gasteiger partial charge in [-0.15, -0.1) is 0 Å². The fourth-order valence-corrected chi connectivity index (χ4v) is 3.22. The van der Waals surface area contributed by atoms with E-state index >= 15 is 0 Å². The third-order valence-corrected chi connectivity index (χ3v) is 4.79. The van der Waals surface area contributed by atoms with Crippen molar-refractivity contribution in [1.29, 1.82) is 0 Å². The van der Waals surface area contributed by atoms with Gasteiger partial charge in [-0.2, -0.15) is 5.10 Å². The van der Waals surface area contributed by atoms with Crippen molar-refractivity contribution in [3.05, 3.63) is 71.7 Å². The number of aromatic amines is 1. The smallest absolute Gasteiger partial charge is 0.272 e. The fourth-order valence-electron chi connectivity index (χ4n) is 3.22. The summed E-state index contributed by atoms with van der Waals surface area (Å²) >= 11 is 0. The lowest BCUT2D eigenvalue weighted by molar-refractivity contribution is -0.0230. The number of benzene rings is 2. The second-order valence-electron chi connectivity index (χ2n) is 6.56. The first-order valence-corrected chi connectivity index (χ1v) is 9.00. The van der Waals surface area contributed by atoms with E-state index in [4.69, 9.17) is 9.47 Å². The highest BCUT2D eigenvalue weighted by atomic mass is 19.1. The van der Waals surface area contributed by atoms with Crippen molar-refractivity contribution >= 4 is 5.91 Å². The molecule has 2 heterocycles. The molecule has 7 heteroatoms. The number of carbonyl (C=O) groups excluding carboxylic acids is 1. The molecular weight excluding hydrogens is 361 g/mol. The number of morpholine rings is 1. The quantitative estimate of drug-likeness (QED) is 0.752. The Morgan fingerprint density at radius 2 is 1.96 bits per heavy atom. The second-order valence-corrected chi connectivity index (χ2v) is 6.56. The first-order valence-electron chi connectivity index (χ1n) is 9.00. The van der Waals surface area contributed by atoms with Crippen LogP contribution in [0.15, 0.2) is 54.6 Å². The molecule has 0 bridgehead atoms. The number of methoxy groups -OCH3 is 1. The van der Waals surface area contributed by atoms with Gasteiger partial charge in [-0.25, -0.2) is 4.39 Å². The molecule has 3 aromatic rings. The number of halogens is 1. The minimum Gasteiger partial charge on any atom is -0.497 e. The van der Waals surface area contributed by atoms with Crippen LogP contribution >= 0.6 is 0 Å². The lowest BCUT2D eigenvalue weighted by Crippen LogP contribution is -2.42. The number of amides is 1. The van der Waals surface area contributed by atoms with Crippen molar-refractivity contribution in [3.63, 3.8) is 0 Å². The maximum Gasteiger partial charge on any atom is 0.272 e. The van der Waals surface area contributed by atoms with E-state index in [9.17, 15) is 9.18 Å². The standard InChI is InChI=1S/C21H20FN3O3/c1-27-17-8-4-14(5-9-17)18-12-19(24-23-18)21(26)25-10-11-28-20(13-25)15-2-6-16(22)7-3-15/h2-9,12,20H,10-11,13H2,1H3,(H,23,24). The molecule has 1 amide bonds. The highest BCUT2D eigenvalue weighted by molar-refractivity contribution is 5.93. The number of hydrogen-bond donors (Lipinski definition) is 1. The summed E-state index contributed by atoms with van der Waals surface area (Å²) < 4.78 is 24.1. The van der Waals surface area contributed by atoms with Gasteiger partial charge in [-0.05, 0) is 48.0 Å². The van der Waals surface area contributed by atoms with E-state index in [1.54, 1.807) is 30.2 Å². The Morgan fingerprint density at radius 1 is 1.21 bits per heavy atom. The number of ether oxygens (including phenoxy) is 2. The van der Waals surface area contributed by atoms with E-state index < -0.39 is 0 Å². The predicted molar refractivity (Wildman–Crippen MR) is 102 cm³/mol. The van der Waals surface area contributed by atoms with E-state index in [0.717, 1.165) is 16.9 Å². The van der Waals surface area contributed by atoms with E-state index in [-0.39, 0.29) is 17.8 Å². The van der Waals surface area contributed by atoms with Gasteiger partial charge in [0, 0.05) is 12.1 Å². The SMILES string of the molecule is COc1ccc(-c2cc(C(=O)N3CCOC(c4ccc(F)cc4)C3)[nH]n2)cc1. The molecule has 0 aliphatic carbocycles. The van der Waals surface area contributed by atoms with Crippen molar-refractivity contribution in [3.8, 4) is 17.0 Å². The second kappa shape index (κ2) is 7.82. The molecule has 1 atom stereocenters. The zero-order valence-electron chi connectivity index (χ0n) is 15.4. The Morgan fingerprint density at radius 3 is 2.68 bits per heavy atom. The Balaban J connectivity index is 1.48. The summed E-state index contributed by atoms with van der Waals surface area (Å²) in [5.41, 5.74) is 2.85. The summed E-state index contributed by atoms with van der Waals surface area (Å²) in [7, 11) is 1.61. The third-order valence-electron chi connectivity index (χ3n) is 4.79. The summed E-state index contributed by atoms with van der Waals surface area (Å²) in [6, 6.07) is 15.4. The van der Waals surface area contributed by atoms with Crippen LogP contribution in [0.1, 0.15) is 22.2 Å². The molecule has 144 valence electrons. The molecule has 0 saturated carbocycles. The first-order chi connectivity index (χ1) is 13.6. The molecule has 1 aliphatic rings. The Bertz CT molecular complexity index is 954. The average molecular weight is 381 g/mol. The van der Waals surface area contributed by atoms with Gasteiger partial charge in [0.05, 0.1) is 26.0 Å². The van der Waals surface area contributed by atoms with Crippen LogP contribution in [0, 0.1) is 5.82 Å². The molecule has 1 unspecified atom stereocenters. The third kappa shape index (κ3) is 3.75. The number of nitrogens with zero attached hydrogens (tertiary/aromatic N) is 2. The zero-order chi connectivity index (χ0) is 19.5. The van der Waals surface area contributed by atoms with E-state index in [1.807, 2.05) is 24.3 Å². The van der Waals surface area contributed by atoms with Crippen LogP contribution in [0.2, 0.25) is 0 Å². The van der Waals surface area contributed by atoms with Crippen LogP contribution in [0.5, 0.6) is 5.75 Å². The summed E-state index contributed by atoms with van der Waals surface area (Å²) in [6.45, 7) is 1.32. The van der Waals surface area contributed by atoms with Gasteiger partial charge < -0.3 is 14.4 Å². The highest BCUT2D eigenvalue weighted by Gasteiger charge is 2.27. The Labute approximate surface area is 161 Å². The number of carbonyl (C=O) groups is 1. The molecule has 1 fully saturated rings. The molecular formula is C21H20FN3O3. The largest absolute Gasteiger partial charge is 0.497 e. The number of rotatable bonds is 4. The molecule has 0 radical (unpaired) electrons. The lowest BCUT2D eigenvalue weighted by Gasteiger charge is -2.32. The van der Waals surface area contributed by atoms with Crippen LogP contribution in [-0.4, -0.2) is 47.8 Å². The van der Waals surface area contributed by atoms with Crippen molar-refractivity contribution in [1.82, 2.24) is 15.1 Å². The topological polar surface area (TPSA) is 67.4 Å². The van der Waals surface area contributed by atoms with Crippen molar-refractivity contribution in [2.75, 3.05) is 26.8 Å². The van der Waals surface area contributed by atoms with Gasteiger partial charge in [-0.3, -0.25) is 9.89 Å². The van der Waals surface area contributed by atoms with E-state index in [1.165, 1.54) is 12.1 Å². The number of hydrogen-bond acceptors (Lipinski definition) is 4. The summed E-state index contributed by atoms with van der Waals surface area (Å²) in [5, 5.41) is 7.09. The summed E-state index contributed by atoms with van der Waals surface area (Å²) in [4.78, 5) is 14.6. The number of aromatic nitrogens is 2. The lowest BCUT2D eigenvalue weighted by atomic mass is 10.1. The number of nitrogens with one attached hydrogen (secondary N) is 1. The molecule has 0 spiro atoms. The Hall–Kier alpha value is -3.19. The molecule has 4 rings (SSSR count). The average Bonchev–Trinajstić information content (AvgIpc) is 3.24. The first kappa shape index (κ1) is 18.2. The summed E-state index contributed by atoms with van der Waals surface area (Å²) in [5.74, 6) is 0.328. The maximum absolute atomic E-state index is 13.1. The van der Waals surface area contributed by atoms with Crippen LogP contribution < -0.4 is 4.74 Å². The fraction of sp³-hybridized carbons (Fsp3) is 0.238. The van der Waals surface area contributed by atoms with Crippen LogP contribution in [0.4, 0.5) is 4.39 Å². The highest BCUT2D eigenvalue weighted by Crippen LogP contribution is 2.25. The zero-order valence-corrected chi connectivity index (χ0v) is 15.4. The minimum absolute atomic E-state index is 0.136. The van der Waals surface area contributed by atoms with Gasteiger partial charge in [-0.1, -0.05) is 12.1 Å². The van der Waals surface area contributed by atoms with Gasteiger partial charge in [0.1, 0.15) is 23.4 Å². The van der Waals surface area contributed by atoms with Crippen molar-refractivity contribution < 1.29 is 18.7 Å². The normalized spacial score (nSPS) is 16.8. The molecule has 6 nitrogen and oxygen atoms in total. The van der Waals surface area contributed by atoms with Gasteiger partial charge >= 0.3 is 0 Å². The van der Waals surface area contributed by atoms with Gasteiger partial charge in [0.2, 0.25) is 0 Å². The maximum atomic E-state index is 13.1. The van der Waals surface area contributed by atoms with Gasteiger partial charge in [0.15, 0.2) is 0 Å². The van der Waals surface area contributed by atoms with Crippen molar-refractivity contribution in [2.45, 2.75) is 6.10 Å². The monoisotopic (exact) mass is 381 g/mol. The molecule has 28 heavy (non-hydrogen) atoms. The van der Waals surface area contributed by atoms with Crippen LogP contribution in [0.3, 0.4) is 0 Å². The molecule has 1 aromatic heterocycles. The van der Waals surface area contributed by atoms with Crippen LogP contribution in [0.25, 0.3) is 11.3 Å². The van der Waals surface area contributed by atoms with Crippen LogP contribution in [-0.2, 0) is 4.74 Å². The van der Waals surface area contributed by atoms with E-state index in [2.05, 4.69) is 10.2 Å². The number of H-pyrrole nitrogens is 1. The predicted octanol–water partition coefficient (Wildman–Crippen LogP) is 3.44. The van der Waals surface area contributed by atoms with Gasteiger partial charge in [0.25, 0.3) is 5.91 Å². The molecule has 1 aliphatic heterocycles. The summed E-state index contributed by atoms with van der Waals surface area (Å²) in [6.07, 6.45) is -0.276. The Kier molecular flexibility index (Phi) is 5.08. The molecule has 2 aromatic carbocycles.